The Kier molecular flexibility index (Phi) is 5.15. The van der Waals surface area contributed by atoms with Gasteiger partial charge in [-0.3, -0.25) is 0 Å². The lowest BCUT2D eigenvalue weighted by molar-refractivity contribution is -0.139. The van der Waals surface area contributed by atoms with Crippen molar-refractivity contribution in [1.29, 1.82) is 0 Å². The summed E-state index contributed by atoms with van der Waals surface area (Å²) in [6.45, 7) is 3.55. The van der Waals surface area contributed by atoms with Gasteiger partial charge in [-0.1, -0.05) is 0 Å². The van der Waals surface area contributed by atoms with Gasteiger partial charge in [-0.25, -0.2) is 9.59 Å². The van der Waals surface area contributed by atoms with Gasteiger partial charge in [-0.15, -0.1) is 12.3 Å². The van der Waals surface area contributed by atoms with E-state index in [0.717, 1.165) is 0 Å². The molecule has 0 saturated heterocycles. The highest BCUT2D eigenvalue weighted by Gasteiger charge is 2.18. The molecule has 1 atom stereocenters. The molecule has 0 aromatic heterocycles. The van der Waals surface area contributed by atoms with Crippen LogP contribution in [0.2, 0.25) is 0 Å². The minimum Gasteiger partial charge on any atom is -0.480 e. The van der Waals surface area contributed by atoms with Gasteiger partial charge in [-0.05, 0) is 13.8 Å². The molecule has 5 heteroatoms. The number of aliphatic carboxylic acids is 1. The van der Waals surface area contributed by atoms with E-state index in [1.165, 1.54) is 0 Å². The lowest BCUT2D eigenvalue weighted by atomic mass is 10.2. The first-order chi connectivity index (χ1) is 6.47. The third-order valence-electron chi connectivity index (χ3n) is 1.35. The number of hydrogen-bond acceptors (Lipinski definition) is 2. The van der Waals surface area contributed by atoms with Crippen LogP contribution in [0.4, 0.5) is 4.79 Å². The summed E-state index contributed by atoms with van der Waals surface area (Å²) < 4.78 is 0. The number of amides is 2. The van der Waals surface area contributed by atoms with Crippen LogP contribution in [0.15, 0.2) is 0 Å². The van der Waals surface area contributed by atoms with Gasteiger partial charge in [-0.2, -0.15) is 0 Å². The summed E-state index contributed by atoms with van der Waals surface area (Å²) in [5.74, 6) is 1.05. The third-order valence-corrected chi connectivity index (χ3v) is 1.35. The van der Waals surface area contributed by atoms with E-state index >= 15 is 0 Å². The van der Waals surface area contributed by atoms with E-state index in [2.05, 4.69) is 16.6 Å². The summed E-state index contributed by atoms with van der Waals surface area (Å²) in [6.07, 6.45) is 4.93. The van der Waals surface area contributed by atoms with Crippen molar-refractivity contribution in [1.82, 2.24) is 10.6 Å². The molecule has 0 bridgehead atoms. The number of carbonyl (C=O) groups excluding carboxylic acids is 1. The number of nitrogens with one attached hydrogen (secondary N) is 2. The van der Waals surface area contributed by atoms with Crippen molar-refractivity contribution in [3.8, 4) is 12.3 Å². The summed E-state index contributed by atoms with van der Waals surface area (Å²) in [6, 6.07) is -1.60. The van der Waals surface area contributed by atoms with Gasteiger partial charge in [0.05, 0.1) is 0 Å². The van der Waals surface area contributed by atoms with Crippen LogP contribution in [0.25, 0.3) is 0 Å². The van der Waals surface area contributed by atoms with Crippen LogP contribution in [0.1, 0.15) is 20.3 Å². The molecule has 0 aromatic rings. The average Bonchev–Trinajstić information content (AvgIpc) is 2.01. The van der Waals surface area contributed by atoms with Gasteiger partial charge in [0.15, 0.2) is 0 Å². The Balaban J connectivity index is 4.11. The molecule has 0 radical (unpaired) electrons. The zero-order chi connectivity index (χ0) is 11.1. The van der Waals surface area contributed by atoms with Crippen LogP contribution in [0.5, 0.6) is 0 Å². The number of hydrogen-bond donors (Lipinski definition) is 3. The van der Waals surface area contributed by atoms with Crippen molar-refractivity contribution in [2.45, 2.75) is 32.4 Å². The van der Waals surface area contributed by atoms with Crippen molar-refractivity contribution in [3.05, 3.63) is 0 Å². The van der Waals surface area contributed by atoms with Gasteiger partial charge in [0, 0.05) is 12.5 Å². The van der Waals surface area contributed by atoms with Gasteiger partial charge in [0.1, 0.15) is 6.04 Å². The molecule has 0 spiro atoms. The SMILES string of the molecule is C#CCC(NC(=O)NC(C)C)C(=O)O. The number of carbonyl (C=O) groups is 2. The molecular weight excluding hydrogens is 184 g/mol. The lowest BCUT2D eigenvalue weighted by Crippen LogP contribution is -2.47. The van der Waals surface area contributed by atoms with E-state index in [4.69, 9.17) is 11.5 Å². The zero-order valence-electron chi connectivity index (χ0n) is 8.20. The second-order valence-electron chi connectivity index (χ2n) is 3.07. The van der Waals surface area contributed by atoms with E-state index in [1.807, 2.05) is 0 Å². The summed E-state index contributed by atoms with van der Waals surface area (Å²) in [7, 11) is 0. The molecule has 0 aliphatic rings. The van der Waals surface area contributed by atoms with Gasteiger partial charge in [0.2, 0.25) is 0 Å². The second kappa shape index (κ2) is 5.86. The predicted octanol–water partition coefficient (Wildman–Crippen LogP) is 0.170. The van der Waals surface area contributed by atoms with Crippen LogP contribution in [-0.4, -0.2) is 29.2 Å². The summed E-state index contributed by atoms with van der Waals surface area (Å²) in [5, 5.41) is 13.4. The normalized spacial score (nSPS) is 11.6. The smallest absolute Gasteiger partial charge is 0.327 e. The number of terminal acetylenes is 1. The van der Waals surface area contributed by atoms with Crippen LogP contribution in [-0.2, 0) is 4.79 Å². The molecule has 0 saturated carbocycles. The maximum Gasteiger partial charge on any atom is 0.327 e. The number of carboxylic acid groups (broad SMARTS) is 1. The molecule has 0 aliphatic heterocycles. The highest BCUT2D eigenvalue weighted by Crippen LogP contribution is 1.90. The maximum absolute atomic E-state index is 11.1. The molecule has 5 nitrogen and oxygen atoms in total. The molecule has 14 heavy (non-hydrogen) atoms. The molecule has 1 unspecified atom stereocenters. The number of urea groups is 1. The fourth-order valence-corrected chi connectivity index (χ4v) is 0.780. The highest BCUT2D eigenvalue weighted by molar-refractivity contribution is 5.82. The fraction of sp³-hybridized carbons (Fsp3) is 0.556. The monoisotopic (exact) mass is 198 g/mol. The quantitative estimate of drug-likeness (QED) is 0.563. The Morgan fingerprint density at radius 3 is 2.36 bits per heavy atom. The lowest BCUT2D eigenvalue weighted by Gasteiger charge is -2.14. The summed E-state index contributed by atoms with van der Waals surface area (Å²) in [4.78, 5) is 21.7. The highest BCUT2D eigenvalue weighted by atomic mass is 16.4. The summed E-state index contributed by atoms with van der Waals surface area (Å²) >= 11 is 0. The zero-order valence-corrected chi connectivity index (χ0v) is 8.20. The van der Waals surface area contributed by atoms with E-state index in [1.54, 1.807) is 13.8 Å². The topological polar surface area (TPSA) is 78.4 Å². The Bertz CT molecular complexity index is 255. The molecule has 0 rings (SSSR count). The number of rotatable bonds is 4. The Morgan fingerprint density at radius 1 is 1.43 bits per heavy atom. The van der Waals surface area contributed by atoms with E-state index in [9.17, 15) is 9.59 Å². The maximum atomic E-state index is 11.1. The van der Waals surface area contributed by atoms with Crippen molar-refractivity contribution in [3.63, 3.8) is 0 Å². The minimum atomic E-state index is -1.14. The molecule has 3 N–H and O–H groups in total. The van der Waals surface area contributed by atoms with Crippen molar-refractivity contribution in [2.75, 3.05) is 0 Å². The molecule has 0 fully saturated rings. The Labute approximate surface area is 82.9 Å². The Morgan fingerprint density at radius 2 is 2.00 bits per heavy atom. The van der Waals surface area contributed by atoms with E-state index in [-0.39, 0.29) is 12.5 Å². The van der Waals surface area contributed by atoms with Crippen LogP contribution >= 0.6 is 0 Å². The second-order valence-corrected chi connectivity index (χ2v) is 3.07. The molecular formula is C9H14N2O3. The van der Waals surface area contributed by atoms with Crippen LogP contribution in [0, 0.1) is 12.3 Å². The van der Waals surface area contributed by atoms with Crippen molar-refractivity contribution >= 4 is 12.0 Å². The van der Waals surface area contributed by atoms with E-state index in [0.29, 0.717) is 0 Å². The van der Waals surface area contributed by atoms with Crippen LogP contribution < -0.4 is 10.6 Å². The standard InChI is InChI=1S/C9H14N2O3/c1-4-5-7(8(12)13)11-9(14)10-6(2)3/h1,6-7H,5H2,2-3H3,(H,12,13)(H2,10,11,14). The average molecular weight is 198 g/mol. The van der Waals surface area contributed by atoms with Crippen molar-refractivity contribution < 1.29 is 14.7 Å². The minimum absolute atomic E-state index is 0.0269. The van der Waals surface area contributed by atoms with Crippen LogP contribution in [0.3, 0.4) is 0 Å². The van der Waals surface area contributed by atoms with Gasteiger partial charge in [0.25, 0.3) is 0 Å². The molecule has 2 amide bonds. The van der Waals surface area contributed by atoms with E-state index < -0.39 is 18.0 Å². The molecule has 0 heterocycles. The number of carboxylic acids is 1. The van der Waals surface area contributed by atoms with Gasteiger partial charge >= 0.3 is 12.0 Å². The molecule has 0 aromatic carbocycles. The first-order valence-corrected chi connectivity index (χ1v) is 4.20. The van der Waals surface area contributed by atoms with Gasteiger partial charge < -0.3 is 15.7 Å². The largest absolute Gasteiger partial charge is 0.480 e. The molecule has 78 valence electrons. The molecule has 0 aliphatic carbocycles. The first kappa shape index (κ1) is 12.3. The fourth-order valence-electron chi connectivity index (χ4n) is 0.780. The third kappa shape index (κ3) is 5.04. The first-order valence-electron chi connectivity index (χ1n) is 4.20. The predicted molar refractivity (Wildman–Crippen MR) is 51.7 cm³/mol. The van der Waals surface area contributed by atoms with Crippen molar-refractivity contribution in [2.24, 2.45) is 0 Å². The Hall–Kier alpha value is -1.70. The summed E-state index contributed by atoms with van der Waals surface area (Å²) in [5.41, 5.74) is 0.